The van der Waals surface area contributed by atoms with Gasteiger partial charge in [-0.3, -0.25) is 0 Å². The second kappa shape index (κ2) is 7.05. The molecule has 4 rings (SSSR count). The summed E-state index contributed by atoms with van der Waals surface area (Å²) >= 11 is 0. The van der Waals surface area contributed by atoms with Gasteiger partial charge >= 0.3 is 6.09 Å². The number of methoxy groups -OCH3 is 1. The number of epoxide rings is 2. The zero-order valence-electron chi connectivity index (χ0n) is 17.0. The first-order valence-electron chi connectivity index (χ1n) is 10.3. The van der Waals surface area contributed by atoms with Gasteiger partial charge in [-0.2, -0.15) is 0 Å². The zero-order valence-corrected chi connectivity index (χ0v) is 17.0. The van der Waals surface area contributed by atoms with Gasteiger partial charge in [-0.1, -0.05) is 11.6 Å². The molecule has 6 nitrogen and oxygen atoms in total. The van der Waals surface area contributed by atoms with Gasteiger partial charge in [0.1, 0.15) is 23.4 Å². The molecular formula is C21H33NO5. The van der Waals surface area contributed by atoms with Crippen LogP contribution in [0.25, 0.3) is 0 Å². The van der Waals surface area contributed by atoms with Gasteiger partial charge in [0.05, 0.1) is 18.6 Å². The molecule has 0 bridgehead atoms. The number of amides is 1. The lowest BCUT2D eigenvalue weighted by molar-refractivity contribution is -0.121. The van der Waals surface area contributed by atoms with Crippen molar-refractivity contribution in [3.8, 4) is 0 Å². The monoisotopic (exact) mass is 379 g/mol. The molecular weight excluding hydrogens is 346 g/mol. The van der Waals surface area contributed by atoms with E-state index in [1.54, 1.807) is 7.11 Å². The molecule has 4 fully saturated rings. The van der Waals surface area contributed by atoms with Crippen molar-refractivity contribution >= 4 is 6.09 Å². The Kier molecular flexibility index (Phi) is 5.02. The quantitative estimate of drug-likeness (QED) is 0.542. The topological polar surface area (TPSA) is 63.8 Å². The van der Waals surface area contributed by atoms with Crippen molar-refractivity contribution < 1.29 is 23.7 Å². The van der Waals surface area contributed by atoms with Crippen LogP contribution in [0.3, 0.4) is 0 Å². The second-order valence-corrected chi connectivity index (χ2v) is 8.99. The number of carbonyl (C=O) groups excluding carboxylic acids is 1. The summed E-state index contributed by atoms with van der Waals surface area (Å²) < 4.78 is 24.0. The van der Waals surface area contributed by atoms with E-state index in [1.807, 2.05) is 4.90 Å². The Morgan fingerprint density at radius 3 is 2.59 bits per heavy atom. The fourth-order valence-electron chi connectivity index (χ4n) is 5.17. The number of rotatable bonds is 5. The second-order valence-electron chi connectivity index (χ2n) is 8.99. The van der Waals surface area contributed by atoms with Gasteiger partial charge < -0.3 is 23.8 Å². The van der Waals surface area contributed by atoms with Crippen LogP contribution in [0.5, 0.6) is 0 Å². The molecule has 0 N–H and O–H groups in total. The molecule has 6 atom stereocenters. The van der Waals surface area contributed by atoms with E-state index in [9.17, 15) is 4.79 Å². The van der Waals surface area contributed by atoms with Crippen LogP contribution in [0.4, 0.5) is 4.79 Å². The highest BCUT2D eigenvalue weighted by Crippen LogP contribution is 2.59. The van der Waals surface area contributed by atoms with Gasteiger partial charge in [0.25, 0.3) is 0 Å². The molecule has 4 aliphatic rings. The van der Waals surface area contributed by atoms with Gasteiger partial charge in [0.2, 0.25) is 0 Å². The smallest absolute Gasteiger partial charge is 0.410 e. The van der Waals surface area contributed by atoms with E-state index in [0.29, 0.717) is 0 Å². The van der Waals surface area contributed by atoms with Crippen LogP contribution in [-0.2, 0) is 18.9 Å². The number of ether oxygens (including phenoxy) is 4. The maximum absolute atomic E-state index is 12.5. The van der Waals surface area contributed by atoms with Crippen LogP contribution in [0.1, 0.15) is 52.9 Å². The van der Waals surface area contributed by atoms with Gasteiger partial charge in [-0.25, -0.2) is 4.79 Å². The summed E-state index contributed by atoms with van der Waals surface area (Å²) in [7, 11) is 1.71. The lowest BCUT2D eigenvalue weighted by Gasteiger charge is -2.43. The Bertz CT molecular complexity index is 606. The predicted molar refractivity (Wildman–Crippen MR) is 101 cm³/mol. The number of nitrogens with zero attached hydrogens (tertiary/aromatic N) is 1. The molecule has 3 aliphatic heterocycles. The molecule has 0 aromatic heterocycles. The number of hydrogen-bond acceptors (Lipinski definition) is 5. The van der Waals surface area contributed by atoms with E-state index in [2.05, 4.69) is 26.8 Å². The highest BCUT2D eigenvalue weighted by Gasteiger charge is 2.72. The Labute approximate surface area is 162 Å². The van der Waals surface area contributed by atoms with E-state index >= 15 is 0 Å². The molecule has 1 unspecified atom stereocenters. The molecule has 27 heavy (non-hydrogen) atoms. The van der Waals surface area contributed by atoms with Crippen molar-refractivity contribution in [1.82, 2.24) is 4.90 Å². The van der Waals surface area contributed by atoms with Crippen molar-refractivity contribution in [3.05, 3.63) is 11.6 Å². The Morgan fingerprint density at radius 2 is 2.00 bits per heavy atom. The Morgan fingerprint density at radius 1 is 1.30 bits per heavy atom. The molecule has 1 aliphatic carbocycles. The third-order valence-corrected chi connectivity index (χ3v) is 6.85. The highest BCUT2D eigenvalue weighted by molar-refractivity contribution is 5.68. The lowest BCUT2D eigenvalue weighted by atomic mass is 9.68. The minimum Gasteiger partial charge on any atom is -0.443 e. The summed E-state index contributed by atoms with van der Waals surface area (Å²) in [6, 6.07) is 0. The summed E-state index contributed by atoms with van der Waals surface area (Å²) in [5, 5.41) is 0. The number of likely N-dealkylation sites (tertiary alicyclic amines) is 1. The molecule has 6 heteroatoms. The maximum atomic E-state index is 12.5. The minimum absolute atomic E-state index is 0.0793. The predicted octanol–water partition coefficient (Wildman–Crippen LogP) is 3.30. The average molecular weight is 379 g/mol. The van der Waals surface area contributed by atoms with Crippen LogP contribution in [0.15, 0.2) is 11.6 Å². The molecule has 3 saturated heterocycles. The third kappa shape index (κ3) is 3.52. The Balaban J connectivity index is 1.49. The van der Waals surface area contributed by atoms with Gasteiger partial charge in [0.15, 0.2) is 0 Å². The van der Waals surface area contributed by atoms with E-state index < -0.39 is 0 Å². The summed E-state index contributed by atoms with van der Waals surface area (Å²) in [5.74, 6) is 0.0793. The number of allylic oxidation sites excluding steroid dienone is 1. The molecule has 0 aromatic carbocycles. The summed E-state index contributed by atoms with van der Waals surface area (Å²) in [4.78, 5) is 14.4. The fourth-order valence-corrected chi connectivity index (χ4v) is 5.17. The molecule has 1 saturated carbocycles. The van der Waals surface area contributed by atoms with Crippen LogP contribution < -0.4 is 0 Å². The molecule has 1 spiro atoms. The van der Waals surface area contributed by atoms with E-state index in [1.165, 1.54) is 5.57 Å². The summed E-state index contributed by atoms with van der Waals surface area (Å²) in [6.45, 7) is 8.73. The molecule has 1 amide bonds. The third-order valence-electron chi connectivity index (χ3n) is 6.85. The molecule has 152 valence electrons. The van der Waals surface area contributed by atoms with Crippen molar-refractivity contribution in [2.45, 2.75) is 82.4 Å². The first-order chi connectivity index (χ1) is 12.9. The van der Waals surface area contributed by atoms with Gasteiger partial charge in [-0.05, 0) is 52.9 Å². The number of hydrogen-bond donors (Lipinski definition) is 0. The van der Waals surface area contributed by atoms with E-state index in [4.69, 9.17) is 18.9 Å². The van der Waals surface area contributed by atoms with Crippen molar-refractivity contribution in [1.29, 1.82) is 0 Å². The van der Waals surface area contributed by atoms with E-state index in [-0.39, 0.29) is 41.5 Å². The molecule has 3 heterocycles. The summed E-state index contributed by atoms with van der Waals surface area (Å²) in [6.07, 6.45) is 6.45. The standard InChI is InChI=1S/C21H33NO5/c1-14(2)7-8-16-20(3,27-16)18-17(24-4)15(9-10-21(18)13-25-21)26-19(23)22-11-5-6-12-22/h7,15-18H,5-6,8-13H2,1-4H3/t15-,16-,17-,18?,20+,21+/m1/s1. The van der Waals surface area contributed by atoms with Crippen LogP contribution in [-0.4, -0.2) is 67.3 Å². The maximum Gasteiger partial charge on any atom is 0.410 e. The normalized spacial score (nSPS) is 42.9. The van der Waals surface area contributed by atoms with Crippen molar-refractivity contribution in [2.75, 3.05) is 26.8 Å². The summed E-state index contributed by atoms with van der Waals surface area (Å²) in [5.41, 5.74) is 0.836. The minimum atomic E-state index is -0.290. The Hall–Kier alpha value is -1.11. The van der Waals surface area contributed by atoms with Crippen LogP contribution in [0.2, 0.25) is 0 Å². The van der Waals surface area contributed by atoms with Crippen LogP contribution >= 0.6 is 0 Å². The van der Waals surface area contributed by atoms with E-state index in [0.717, 1.165) is 51.8 Å². The average Bonchev–Trinajstić information content (AvgIpc) is 3.46. The molecule has 0 aromatic rings. The fraction of sp³-hybridized carbons (Fsp3) is 0.857. The lowest BCUT2D eigenvalue weighted by Crippen LogP contribution is -2.56. The highest BCUT2D eigenvalue weighted by atomic mass is 16.6. The first-order valence-corrected chi connectivity index (χ1v) is 10.3. The van der Waals surface area contributed by atoms with Gasteiger partial charge in [-0.15, -0.1) is 0 Å². The molecule has 0 radical (unpaired) electrons. The largest absolute Gasteiger partial charge is 0.443 e. The first kappa shape index (κ1) is 19.2. The van der Waals surface area contributed by atoms with Gasteiger partial charge in [0, 0.05) is 20.2 Å². The van der Waals surface area contributed by atoms with Crippen LogP contribution in [0, 0.1) is 5.92 Å². The van der Waals surface area contributed by atoms with Crippen molar-refractivity contribution in [2.24, 2.45) is 5.92 Å². The zero-order chi connectivity index (χ0) is 19.2. The number of carbonyl (C=O) groups is 1. The SMILES string of the molecule is CO[C@H]1C([C@@]2(C)O[C@@H]2CC=C(C)C)[C@]2(CC[C@H]1OC(=O)N1CCCC1)CO2. The van der Waals surface area contributed by atoms with Crippen molar-refractivity contribution in [3.63, 3.8) is 0 Å².